The van der Waals surface area contributed by atoms with Gasteiger partial charge in [0.05, 0.1) is 25.5 Å². The van der Waals surface area contributed by atoms with Crippen LogP contribution < -0.4 is 25.0 Å². The average molecular weight is 481 g/mol. The molecule has 0 unspecified atom stereocenters. The van der Waals surface area contributed by atoms with Crippen LogP contribution in [0.15, 0.2) is 41.5 Å². The first-order valence-electron chi connectivity index (χ1n) is 10.5. The van der Waals surface area contributed by atoms with Crippen molar-refractivity contribution in [2.45, 2.75) is 33.9 Å². The molecule has 11 heteroatoms. The number of carbonyl (C=O) groups is 2. The van der Waals surface area contributed by atoms with E-state index in [4.69, 9.17) is 14.2 Å². The Kier molecular flexibility index (Phi) is 9.28. The number of rotatable bonds is 10. The van der Waals surface area contributed by atoms with Crippen molar-refractivity contribution in [3.05, 3.63) is 47.5 Å². The monoisotopic (exact) mass is 481 g/mol. The van der Waals surface area contributed by atoms with Gasteiger partial charge in [-0.1, -0.05) is 12.1 Å². The van der Waals surface area contributed by atoms with Gasteiger partial charge in [0.1, 0.15) is 0 Å². The molecular weight excluding hydrogens is 455 g/mol. The molecule has 2 rings (SSSR count). The van der Waals surface area contributed by atoms with Crippen LogP contribution in [0.2, 0.25) is 0 Å². The zero-order valence-electron chi connectivity index (χ0n) is 19.2. The summed E-state index contributed by atoms with van der Waals surface area (Å²) in [7, 11) is 0. The highest BCUT2D eigenvalue weighted by atomic mass is 19.4. The van der Waals surface area contributed by atoms with Crippen molar-refractivity contribution >= 4 is 23.2 Å². The Morgan fingerprint density at radius 3 is 1.88 bits per heavy atom. The molecule has 2 aromatic rings. The van der Waals surface area contributed by atoms with E-state index in [2.05, 4.69) is 10.5 Å². The smallest absolute Gasteiger partial charge is 0.471 e. The largest absolute Gasteiger partial charge is 0.490 e. The maximum atomic E-state index is 12.7. The van der Waals surface area contributed by atoms with Gasteiger partial charge in [0.25, 0.3) is 5.91 Å². The van der Waals surface area contributed by atoms with Crippen molar-refractivity contribution in [2.24, 2.45) is 5.10 Å². The Hall–Kier alpha value is -3.76. The standard InChI is InChI=1S/C23H26F3N3O5/c1-5-32-18-12-16(13-19(33-6-2)20(18)34-7-3)21(30)29-28-14(4)15-8-10-17(11-9-15)27-22(31)23(24,25)26/h8-13H,5-7H2,1-4H3,(H,27,31)(H,29,30)/b28-14-. The van der Waals surface area contributed by atoms with Crippen LogP contribution in [0.4, 0.5) is 18.9 Å². The first-order valence-corrected chi connectivity index (χ1v) is 10.5. The van der Waals surface area contributed by atoms with E-state index >= 15 is 0 Å². The molecule has 0 saturated heterocycles. The van der Waals surface area contributed by atoms with Gasteiger partial charge in [-0.2, -0.15) is 18.3 Å². The number of carbonyl (C=O) groups excluding carboxylic acids is 2. The molecule has 0 aliphatic heterocycles. The Bertz CT molecular complexity index is 1010. The molecule has 0 spiro atoms. The quantitative estimate of drug-likeness (QED) is 0.384. The van der Waals surface area contributed by atoms with Gasteiger partial charge in [0, 0.05) is 11.3 Å². The fourth-order valence-corrected chi connectivity index (χ4v) is 2.78. The number of nitrogens with zero attached hydrogens (tertiary/aromatic N) is 1. The molecule has 0 radical (unpaired) electrons. The first kappa shape index (κ1) is 26.5. The van der Waals surface area contributed by atoms with Crippen LogP contribution in [0.5, 0.6) is 17.2 Å². The summed E-state index contributed by atoms with van der Waals surface area (Å²) in [6.07, 6.45) is -4.98. The molecule has 184 valence electrons. The minimum atomic E-state index is -4.98. The lowest BCUT2D eigenvalue weighted by molar-refractivity contribution is -0.167. The zero-order chi connectivity index (χ0) is 25.3. The number of hydrazone groups is 1. The fraction of sp³-hybridized carbons (Fsp3) is 0.348. The van der Waals surface area contributed by atoms with Gasteiger partial charge < -0.3 is 19.5 Å². The van der Waals surface area contributed by atoms with Gasteiger partial charge in [0.2, 0.25) is 5.75 Å². The number of benzene rings is 2. The van der Waals surface area contributed by atoms with Crippen molar-refractivity contribution in [2.75, 3.05) is 25.1 Å². The third-order valence-electron chi connectivity index (χ3n) is 4.31. The number of ether oxygens (including phenoxy) is 3. The number of anilines is 1. The van der Waals surface area contributed by atoms with Crippen LogP contribution in [0.1, 0.15) is 43.6 Å². The lowest BCUT2D eigenvalue weighted by Gasteiger charge is -2.16. The van der Waals surface area contributed by atoms with E-state index in [0.717, 1.165) is 0 Å². The molecule has 0 aliphatic rings. The van der Waals surface area contributed by atoms with Crippen molar-refractivity contribution in [3.63, 3.8) is 0 Å². The summed E-state index contributed by atoms with van der Waals surface area (Å²) in [6.45, 7) is 8.13. The van der Waals surface area contributed by atoms with Crippen molar-refractivity contribution in [3.8, 4) is 17.2 Å². The number of nitrogens with one attached hydrogen (secondary N) is 2. The number of hydrogen-bond donors (Lipinski definition) is 2. The SMILES string of the molecule is CCOc1cc(C(=O)N/N=C(/C)c2ccc(NC(=O)C(F)(F)F)cc2)cc(OCC)c1OCC. The summed E-state index contributed by atoms with van der Waals surface area (Å²) in [6, 6.07) is 8.58. The van der Waals surface area contributed by atoms with E-state index in [9.17, 15) is 22.8 Å². The summed E-state index contributed by atoms with van der Waals surface area (Å²) in [5.74, 6) is -1.47. The third-order valence-corrected chi connectivity index (χ3v) is 4.31. The van der Waals surface area contributed by atoms with Gasteiger partial charge >= 0.3 is 12.1 Å². The number of alkyl halides is 3. The molecule has 0 aliphatic carbocycles. The lowest BCUT2D eigenvalue weighted by atomic mass is 10.1. The molecule has 2 aromatic carbocycles. The predicted molar refractivity (Wildman–Crippen MR) is 121 cm³/mol. The summed E-state index contributed by atoms with van der Waals surface area (Å²) in [4.78, 5) is 23.7. The van der Waals surface area contributed by atoms with E-state index in [1.54, 1.807) is 26.1 Å². The van der Waals surface area contributed by atoms with E-state index in [1.807, 2.05) is 6.92 Å². The van der Waals surface area contributed by atoms with Crippen molar-refractivity contribution in [1.82, 2.24) is 5.43 Å². The molecule has 34 heavy (non-hydrogen) atoms. The number of amides is 2. The Labute approximate surface area is 195 Å². The molecule has 0 atom stereocenters. The minimum absolute atomic E-state index is 0.0239. The molecule has 0 bridgehead atoms. The molecule has 0 aromatic heterocycles. The summed E-state index contributed by atoms with van der Waals surface area (Å²) in [5, 5.41) is 5.80. The van der Waals surface area contributed by atoms with Gasteiger partial charge in [-0.05, 0) is 57.5 Å². The van der Waals surface area contributed by atoms with Crippen LogP contribution >= 0.6 is 0 Å². The highest BCUT2D eigenvalue weighted by Crippen LogP contribution is 2.39. The average Bonchev–Trinajstić information content (AvgIpc) is 2.79. The third kappa shape index (κ3) is 7.12. The van der Waals surface area contributed by atoms with Gasteiger partial charge in [-0.15, -0.1) is 0 Å². The number of halogens is 3. The molecule has 0 heterocycles. The van der Waals surface area contributed by atoms with Crippen molar-refractivity contribution < 1.29 is 37.0 Å². The van der Waals surface area contributed by atoms with Crippen LogP contribution in [-0.2, 0) is 4.79 Å². The minimum Gasteiger partial charge on any atom is -0.490 e. The fourth-order valence-electron chi connectivity index (χ4n) is 2.78. The second-order valence-corrected chi connectivity index (χ2v) is 6.77. The second kappa shape index (κ2) is 11.9. The Morgan fingerprint density at radius 2 is 1.41 bits per heavy atom. The molecule has 0 fully saturated rings. The maximum absolute atomic E-state index is 12.7. The van der Waals surface area contributed by atoms with Gasteiger partial charge in [0.15, 0.2) is 11.5 Å². The highest BCUT2D eigenvalue weighted by Gasteiger charge is 2.38. The Balaban J connectivity index is 2.18. The van der Waals surface area contributed by atoms with Crippen molar-refractivity contribution in [1.29, 1.82) is 0 Å². The van der Waals surface area contributed by atoms with Gasteiger partial charge in [-0.25, -0.2) is 5.43 Å². The molecular formula is C23H26F3N3O5. The molecule has 8 nitrogen and oxygen atoms in total. The zero-order valence-corrected chi connectivity index (χ0v) is 19.2. The van der Waals surface area contributed by atoms with Crippen LogP contribution in [0.3, 0.4) is 0 Å². The molecule has 0 saturated carbocycles. The van der Waals surface area contributed by atoms with Crippen LogP contribution in [0, 0.1) is 0 Å². The second-order valence-electron chi connectivity index (χ2n) is 6.77. The maximum Gasteiger partial charge on any atom is 0.471 e. The topological polar surface area (TPSA) is 98.2 Å². The summed E-state index contributed by atoms with van der Waals surface area (Å²) >= 11 is 0. The first-order chi connectivity index (χ1) is 16.1. The highest BCUT2D eigenvalue weighted by molar-refractivity contribution is 6.02. The van der Waals surface area contributed by atoms with Crippen LogP contribution in [0.25, 0.3) is 0 Å². The Morgan fingerprint density at radius 1 is 0.882 bits per heavy atom. The van der Waals surface area contributed by atoms with E-state index in [0.29, 0.717) is 48.3 Å². The number of hydrogen-bond acceptors (Lipinski definition) is 6. The lowest BCUT2D eigenvalue weighted by Crippen LogP contribution is -2.29. The molecule has 2 N–H and O–H groups in total. The van der Waals surface area contributed by atoms with E-state index < -0.39 is 18.0 Å². The summed E-state index contributed by atoms with van der Waals surface area (Å²) < 4.78 is 53.9. The predicted octanol–water partition coefficient (Wildman–Crippen LogP) is 4.54. The van der Waals surface area contributed by atoms with E-state index in [1.165, 1.54) is 36.4 Å². The van der Waals surface area contributed by atoms with E-state index in [-0.39, 0.29) is 11.3 Å². The summed E-state index contributed by atoms with van der Waals surface area (Å²) in [5.41, 5.74) is 3.56. The van der Waals surface area contributed by atoms with Gasteiger partial charge in [-0.3, -0.25) is 9.59 Å². The normalized spacial score (nSPS) is 11.6. The molecule has 2 amide bonds. The van der Waals surface area contributed by atoms with Crippen LogP contribution in [-0.4, -0.2) is 43.5 Å².